The molecule has 0 unspecified atom stereocenters. The van der Waals surface area contributed by atoms with Gasteiger partial charge in [0.1, 0.15) is 5.60 Å². The molecular formula is C26H40O5. The van der Waals surface area contributed by atoms with Crippen molar-refractivity contribution < 1.29 is 24.1 Å². The van der Waals surface area contributed by atoms with Gasteiger partial charge in [-0.15, -0.1) is 0 Å². The van der Waals surface area contributed by atoms with Gasteiger partial charge in [-0.25, -0.2) is 0 Å². The zero-order valence-electron chi connectivity index (χ0n) is 19.9. The number of benzene rings is 1. The lowest BCUT2D eigenvalue weighted by Crippen LogP contribution is -2.39. The summed E-state index contributed by atoms with van der Waals surface area (Å²) in [4.78, 5) is 12.6. The van der Waals surface area contributed by atoms with E-state index in [1.54, 1.807) is 7.11 Å². The van der Waals surface area contributed by atoms with Gasteiger partial charge in [-0.3, -0.25) is 4.79 Å². The second-order valence-electron chi connectivity index (χ2n) is 10.0. The first-order valence-electron chi connectivity index (χ1n) is 11.2. The minimum atomic E-state index is -0.525. The average Bonchev–Trinajstić information content (AvgIpc) is 2.70. The predicted octanol–water partition coefficient (Wildman–Crippen LogP) is 5.02. The van der Waals surface area contributed by atoms with Crippen molar-refractivity contribution in [3.05, 3.63) is 47.5 Å². The zero-order chi connectivity index (χ0) is 23.1. The Bertz CT molecular complexity index is 718. The van der Waals surface area contributed by atoms with Crippen molar-refractivity contribution in [3.63, 3.8) is 0 Å². The van der Waals surface area contributed by atoms with Gasteiger partial charge in [-0.2, -0.15) is 0 Å². The molecule has 0 spiro atoms. The lowest BCUT2D eigenvalue weighted by molar-refractivity contribution is -0.159. The molecule has 1 fully saturated rings. The summed E-state index contributed by atoms with van der Waals surface area (Å²) in [7, 11) is 1.66. The highest BCUT2D eigenvalue weighted by Crippen LogP contribution is 2.51. The average molecular weight is 433 g/mol. The summed E-state index contributed by atoms with van der Waals surface area (Å²) in [5, 5.41) is 10.3. The predicted molar refractivity (Wildman–Crippen MR) is 123 cm³/mol. The molecule has 0 heterocycles. The van der Waals surface area contributed by atoms with Crippen LogP contribution in [0.3, 0.4) is 0 Å². The highest BCUT2D eigenvalue weighted by molar-refractivity contribution is 5.71. The van der Waals surface area contributed by atoms with Gasteiger partial charge in [0.05, 0.1) is 26.2 Å². The fraction of sp³-hybridized carbons (Fsp3) is 0.654. The molecule has 1 saturated carbocycles. The van der Waals surface area contributed by atoms with Gasteiger partial charge in [-0.1, -0.05) is 36.4 Å². The molecule has 1 aliphatic carbocycles. The molecule has 0 aromatic heterocycles. The van der Waals surface area contributed by atoms with E-state index in [-0.39, 0.29) is 24.9 Å². The monoisotopic (exact) mass is 432 g/mol. The second-order valence-corrected chi connectivity index (χ2v) is 10.0. The largest absolute Gasteiger partial charge is 0.460 e. The maximum absolute atomic E-state index is 12.6. The molecule has 2 rings (SSSR count). The fourth-order valence-corrected chi connectivity index (χ4v) is 4.55. The van der Waals surface area contributed by atoms with Crippen molar-refractivity contribution in [2.75, 3.05) is 26.9 Å². The van der Waals surface area contributed by atoms with Crippen molar-refractivity contribution in [2.24, 2.45) is 11.3 Å². The number of hydrogen-bond acceptors (Lipinski definition) is 5. The molecule has 5 heteroatoms. The zero-order valence-corrected chi connectivity index (χ0v) is 19.9. The van der Waals surface area contributed by atoms with E-state index in [0.717, 1.165) is 30.4 Å². The Hall–Kier alpha value is -1.69. The number of methoxy groups -OCH3 is 1. The van der Waals surface area contributed by atoms with E-state index >= 15 is 0 Å². The SMILES string of the molecule is C=C(C)[C@@H]1CC[C@@](CO)(CC(=O)OC(C)(C)C)C[C@H]1c1ccc(COCCOC)cc1. The molecule has 5 nitrogen and oxygen atoms in total. The normalized spacial score (nSPS) is 24.1. The Morgan fingerprint density at radius 1 is 1.23 bits per heavy atom. The summed E-state index contributed by atoms with van der Waals surface area (Å²) in [6.45, 7) is 13.6. The molecule has 0 aliphatic heterocycles. The number of esters is 1. The number of allylic oxidation sites excluding steroid dienone is 1. The van der Waals surface area contributed by atoms with E-state index in [2.05, 4.69) is 37.8 Å². The van der Waals surface area contributed by atoms with E-state index in [9.17, 15) is 9.90 Å². The van der Waals surface area contributed by atoms with Crippen LogP contribution in [0, 0.1) is 11.3 Å². The fourth-order valence-electron chi connectivity index (χ4n) is 4.55. The topological polar surface area (TPSA) is 65.0 Å². The van der Waals surface area contributed by atoms with Crippen LogP contribution in [0.25, 0.3) is 0 Å². The van der Waals surface area contributed by atoms with Crippen molar-refractivity contribution in [1.82, 2.24) is 0 Å². The maximum atomic E-state index is 12.6. The number of carbonyl (C=O) groups excluding carboxylic acids is 1. The number of aliphatic hydroxyl groups excluding tert-OH is 1. The lowest BCUT2D eigenvalue weighted by Gasteiger charge is -2.44. The van der Waals surface area contributed by atoms with Gasteiger partial charge in [0, 0.05) is 19.1 Å². The number of aliphatic hydroxyl groups is 1. The third kappa shape index (κ3) is 7.74. The quantitative estimate of drug-likeness (QED) is 0.319. The molecule has 1 N–H and O–H groups in total. The molecule has 0 bridgehead atoms. The summed E-state index contributed by atoms with van der Waals surface area (Å²) in [6, 6.07) is 8.49. The van der Waals surface area contributed by atoms with Crippen molar-refractivity contribution in [2.45, 2.75) is 71.5 Å². The molecule has 1 aromatic carbocycles. The minimum Gasteiger partial charge on any atom is -0.460 e. The first-order valence-corrected chi connectivity index (χ1v) is 11.2. The maximum Gasteiger partial charge on any atom is 0.306 e. The van der Waals surface area contributed by atoms with Crippen LogP contribution in [0.4, 0.5) is 0 Å². The van der Waals surface area contributed by atoms with Gasteiger partial charge in [0.2, 0.25) is 0 Å². The Kier molecular flexibility index (Phi) is 9.28. The Balaban J connectivity index is 2.16. The van der Waals surface area contributed by atoms with Crippen LogP contribution < -0.4 is 0 Å². The van der Waals surface area contributed by atoms with E-state index in [0.29, 0.717) is 25.7 Å². The van der Waals surface area contributed by atoms with Gasteiger partial charge >= 0.3 is 5.97 Å². The Morgan fingerprint density at radius 3 is 2.45 bits per heavy atom. The molecule has 0 radical (unpaired) electrons. The van der Waals surface area contributed by atoms with Gasteiger partial charge < -0.3 is 19.3 Å². The smallest absolute Gasteiger partial charge is 0.306 e. The summed E-state index contributed by atoms with van der Waals surface area (Å²) in [5.41, 5.74) is 2.50. The molecule has 174 valence electrons. The summed E-state index contributed by atoms with van der Waals surface area (Å²) < 4.78 is 16.2. The van der Waals surface area contributed by atoms with Gasteiger partial charge in [-0.05, 0) is 69.9 Å². The van der Waals surface area contributed by atoms with Crippen molar-refractivity contribution in [3.8, 4) is 0 Å². The summed E-state index contributed by atoms with van der Waals surface area (Å²) in [5.74, 6) is 0.309. The first kappa shape index (κ1) is 25.6. The van der Waals surface area contributed by atoms with Crippen LogP contribution in [0.1, 0.15) is 70.4 Å². The first-order chi connectivity index (χ1) is 14.6. The molecule has 3 atom stereocenters. The highest BCUT2D eigenvalue weighted by atomic mass is 16.6. The molecule has 1 aromatic rings. The number of hydrogen-bond donors (Lipinski definition) is 1. The summed E-state index contributed by atoms with van der Waals surface area (Å²) in [6.07, 6.45) is 2.68. The van der Waals surface area contributed by atoms with Gasteiger partial charge in [0.15, 0.2) is 0 Å². The Labute approximate surface area is 187 Å². The molecule has 0 amide bonds. The van der Waals surface area contributed by atoms with Crippen LogP contribution in [-0.4, -0.2) is 43.6 Å². The van der Waals surface area contributed by atoms with Crippen LogP contribution >= 0.6 is 0 Å². The van der Waals surface area contributed by atoms with Crippen molar-refractivity contribution >= 4 is 5.97 Å². The highest BCUT2D eigenvalue weighted by Gasteiger charge is 2.43. The Morgan fingerprint density at radius 2 is 1.90 bits per heavy atom. The molecule has 1 aliphatic rings. The number of ether oxygens (including phenoxy) is 3. The van der Waals surface area contributed by atoms with Crippen LogP contribution in [-0.2, 0) is 25.6 Å². The number of carbonyl (C=O) groups is 1. The molecule has 31 heavy (non-hydrogen) atoms. The van der Waals surface area contributed by atoms with E-state index in [4.69, 9.17) is 14.2 Å². The second kappa shape index (κ2) is 11.3. The van der Waals surface area contributed by atoms with E-state index < -0.39 is 11.0 Å². The van der Waals surface area contributed by atoms with Crippen molar-refractivity contribution in [1.29, 1.82) is 0 Å². The standard InChI is InChI=1S/C26H40O5/c1-19(2)22-11-12-26(18-27,16-24(28)31-25(3,4)5)15-23(22)21-9-7-20(8-10-21)17-30-14-13-29-6/h7-10,22-23,27H,1,11-18H2,2-6H3/t22-,23-,26-/m0/s1. The minimum absolute atomic E-state index is 0.0168. The van der Waals surface area contributed by atoms with Crippen LogP contribution in [0.2, 0.25) is 0 Å². The van der Waals surface area contributed by atoms with E-state index in [1.165, 1.54) is 5.56 Å². The third-order valence-electron chi connectivity index (χ3n) is 6.14. The van der Waals surface area contributed by atoms with Gasteiger partial charge in [0.25, 0.3) is 0 Å². The third-order valence-corrected chi connectivity index (χ3v) is 6.14. The molecule has 0 saturated heterocycles. The van der Waals surface area contributed by atoms with Crippen LogP contribution in [0.5, 0.6) is 0 Å². The lowest BCUT2D eigenvalue weighted by atomic mass is 9.61. The number of rotatable bonds is 10. The summed E-state index contributed by atoms with van der Waals surface area (Å²) >= 11 is 0. The van der Waals surface area contributed by atoms with E-state index in [1.807, 2.05) is 20.8 Å². The molecular weight excluding hydrogens is 392 g/mol. The van der Waals surface area contributed by atoms with Crippen LogP contribution in [0.15, 0.2) is 36.4 Å².